The molecule has 1 aromatic carbocycles. The van der Waals surface area contributed by atoms with Crippen molar-refractivity contribution in [1.29, 1.82) is 0 Å². The average Bonchev–Trinajstić information content (AvgIpc) is 2.67. The zero-order chi connectivity index (χ0) is 15.7. The number of halogens is 1. The van der Waals surface area contributed by atoms with Gasteiger partial charge in [0.1, 0.15) is 24.3 Å². The number of carbonyl (C=O) groups excluding carboxylic acids is 1. The van der Waals surface area contributed by atoms with Gasteiger partial charge in [0.05, 0.1) is 6.54 Å². The third-order valence-electron chi connectivity index (χ3n) is 3.58. The normalized spacial score (nSPS) is 14.3. The van der Waals surface area contributed by atoms with Gasteiger partial charge < -0.3 is 15.4 Å². The lowest BCUT2D eigenvalue weighted by Gasteiger charge is -2.21. The Balaban J connectivity index is 2.03. The molecule has 2 N–H and O–H groups in total. The Labute approximate surface area is 132 Å². The minimum atomic E-state index is -0.286. The van der Waals surface area contributed by atoms with E-state index in [0.29, 0.717) is 23.9 Å². The van der Waals surface area contributed by atoms with Crippen LogP contribution in [0.4, 0.5) is 11.5 Å². The molecule has 3 rings (SSSR count). The van der Waals surface area contributed by atoms with E-state index in [2.05, 4.69) is 9.97 Å². The summed E-state index contributed by atoms with van der Waals surface area (Å²) in [5.41, 5.74) is 7.74. The van der Waals surface area contributed by atoms with Crippen LogP contribution in [0, 0.1) is 0 Å². The largest absolute Gasteiger partial charge is 0.475 e. The maximum Gasteiger partial charge on any atom is 0.267 e. The lowest BCUT2D eigenvalue weighted by molar-refractivity contribution is 0.0990. The minimum Gasteiger partial charge on any atom is -0.475 e. The maximum atomic E-state index is 12.8. The molecule has 2 heterocycles. The number of ether oxygens (including phenoxy) is 1. The number of nitrogen functional groups attached to an aromatic ring is 1. The summed E-state index contributed by atoms with van der Waals surface area (Å²) < 4.78 is 5.50. The summed E-state index contributed by atoms with van der Waals surface area (Å²) in [5, 5.41) is 0.635. The number of rotatable bonds is 2. The Morgan fingerprint density at radius 3 is 2.95 bits per heavy atom. The van der Waals surface area contributed by atoms with Crippen molar-refractivity contribution in [3.8, 4) is 5.88 Å². The van der Waals surface area contributed by atoms with Crippen LogP contribution in [0.1, 0.15) is 22.8 Å². The van der Waals surface area contributed by atoms with E-state index in [0.717, 1.165) is 12.0 Å². The van der Waals surface area contributed by atoms with E-state index in [1.165, 1.54) is 6.33 Å². The van der Waals surface area contributed by atoms with Gasteiger partial charge in [0.25, 0.3) is 5.91 Å². The van der Waals surface area contributed by atoms with Gasteiger partial charge in [-0.25, -0.2) is 9.97 Å². The summed E-state index contributed by atoms with van der Waals surface area (Å²) in [6.07, 6.45) is 2.11. The van der Waals surface area contributed by atoms with Crippen molar-refractivity contribution in [2.75, 3.05) is 23.8 Å². The van der Waals surface area contributed by atoms with Gasteiger partial charge in [0.15, 0.2) is 0 Å². The first-order valence-electron chi connectivity index (χ1n) is 6.95. The molecule has 0 bridgehead atoms. The average molecular weight is 319 g/mol. The molecule has 0 unspecified atom stereocenters. The highest BCUT2D eigenvalue weighted by Crippen LogP contribution is 2.29. The third kappa shape index (κ3) is 2.46. The van der Waals surface area contributed by atoms with Crippen molar-refractivity contribution in [1.82, 2.24) is 9.97 Å². The van der Waals surface area contributed by atoms with Gasteiger partial charge in [-0.1, -0.05) is 24.6 Å². The van der Waals surface area contributed by atoms with Crippen molar-refractivity contribution in [2.24, 2.45) is 0 Å². The predicted molar refractivity (Wildman–Crippen MR) is 84.4 cm³/mol. The second-order valence-corrected chi connectivity index (χ2v) is 5.28. The van der Waals surface area contributed by atoms with Crippen LogP contribution in [-0.4, -0.2) is 29.0 Å². The number of hydrogen-bond donors (Lipinski definition) is 1. The molecule has 2 aromatic rings. The topological polar surface area (TPSA) is 81.3 Å². The highest BCUT2D eigenvalue weighted by molar-refractivity contribution is 6.31. The molecule has 7 heteroatoms. The number of nitrogens with two attached hydrogens (primary N) is 1. The summed E-state index contributed by atoms with van der Waals surface area (Å²) in [6.45, 7) is 2.73. The molecule has 0 aliphatic carbocycles. The SMILES string of the molecule is CCc1ccc(N2CCOc3ncnc(N)c3C2=O)cc1Cl. The summed E-state index contributed by atoms with van der Waals surface area (Å²) in [4.78, 5) is 22.2. The van der Waals surface area contributed by atoms with Gasteiger partial charge in [0.2, 0.25) is 5.88 Å². The number of anilines is 2. The van der Waals surface area contributed by atoms with Crippen LogP contribution in [0.3, 0.4) is 0 Å². The number of nitrogens with zero attached hydrogens (tertiary/aromatic N) is 3. The van der Waals surface area contributed by atoms with Gasteiger partial charge in [-0.3, -0.25) is 4.79 Å². The number of benzene rings is 1. The Kier molecular flexibility index (Phi) is 3.85. The molecule has 22 heavy (non-hydrogen) atoms. The minimum absolute atomic E-state index is 0.109. The second-order valence-electron chi connectivity index (χ2n) is 4.87. The lowest BCUT2D eigenvalue weighted by Crippen LogP contribution is -2.32. The van der Waals surface area contributed by atoms with Gasteiger partial charge in [-0.2, -0.15) is 0 Å². The summed E-state index contributed by atoms with van der Waals surface area (Å²) >= 11 is 6.25. The Hall–Kier alpha value is -2.34. The first kappa shape index (κ1) is 14.6. The van der Waals surface area contributed by atoms with Crippen molar-refractivity contribution in [2.45, 2.75) is 13.3 Å². The highest BCUT2D eigenvalue weighted by Gasteiger charge is 2.28. The fourth-order valence-corrected chi connectivity index (χ4v) is 2.71. The number of carbonyl (C=O) groups is 1. The lowest BCUT2D eigenvalue weighted by atomic mass is 10.1. The number of hydrogen-bond acceptors (Lipinski definition) is 5. The zero-order valence-corrected chi connectivity index (χ0v) is 12.8. The number of aromatic nitrogens is 2. The van der Waals surface area contributed by atoms with E-state index >= 15 is 0 Å². The van der Waals surface area contributed by atoms with Gasteiger partial charge in [-0.15, -0.1) is 0 Å². The molecule has 1 amide bonds. The Morgan fingerprint density at radius 1 is 1.41 bits per heavy atom. The molecule has 0 spiro atoms. The molecule has 1 aromatic heterocycles. The van der Waals surface area contributed by atoms with E-state index in [1.54, 1.807) is 11.0 Å². The summed E-state index contributed by atoms with van der Waals surface area (Å²) in [7, 11) is 0. The molecule has 6 nitrogen and oxygen atoms in total. The van der Waals surface area contributed by atoms with Crippen LogP contribution < -0.4 is 15.4 Å². The number of aryl methyl sites for hydroxylation is 1. The van der Waals surface area contributed by atoms with Crippen LogP contribution in [0.2, 0.25) is 5.02 Å². The monoisotopic (exact) mass is 318 g/mol. The fourth-order valence-electron chi connectivity index (χ4n) is 2.40. The molecule has 0 atom stereocenters. The van der Waals surface area contributed by atoms with Crippen LogP contribution in [-0.2, 0) is 6.42 Å². The van der Waals surface area contributed by atoms with Crippen molar-refractivity contribution < 1.29 is 9.53 Å². The van der Waals surface area contributed by atoms with Crippen LogP contribution >= 0.6 is 11.6 Å². The van der Waals surface area contributed by atoms with E-state index < -0.39 is 0 Å². The molecule has 0 saturated heterocycles. The van der Waals surface area contributed by atoms with Gasteiger partial charge in [0, 0.05) is 10.7 Å². The molecule has 0 radical (unpaired) electrons. The number of amides is 1. The van der Waals surface area contributed by atoms with Crippen LogP contribution in [0.15, 0.2) is 24.5 Å². The quantitative estimate of drug-likeness (QED) is 0.919. The van der Waals surface area contributed by atoms with Crippen LogP contribution in [0.25, 0.3) is 0 Å². The molecule has 0 fully saturated rings. The summed E-state index contributed by atoms with van der Waals surface area (Å²) in [6, 6.07) is 5.57. The Morgan fingerprint density at radius 2 is 2.23 bits per heavy atom. The first-order valence-corrected chi connectivity index (χ1v) is 7.33. The number of fused-ring (bicyclic) bond motifs is 1. The molecule has 0 saturated carbocycles. The molecular weight excluding hydrogens is 304 g/mol. The second kappa shape index (κ2) is 5.81. The Bertz CT molecular complexity index is 735. The summed E-state index contributed by atoms with van der Waals surface area (Å²) in [5.74, 6) is 0.0420. The molecule has 1 aliphatic rings. The van der Waals surface area contributed by atoms with Crippen molar-refractivity contribution in [3.05, 3.63) is 40.7 Å². The van der Waals surface area contributed by atoms with Crippen molar-refractivity contribution >= 4 is 29.0 Å². The molecular formula is C15H15ClN4O2. The molecule has 114 valence electrons. The van der Waals surface area contributed by atoms with Crippen molar-refractivity contribution in [3.63, 3.8) is 0 Å². The van der Waals surface area contributed by atoms with E-state index in [1.807, 2.05) is 19.1 Å². The maximum absolute atomic E-state index is 12.8. The third-order valence-corrected chi connectivity index (χ3v) is 3.94. The van der Waals surface area contributed by atoms with Crippen LogP contribution in [0.5, 0.6) is 5.88 Å². The van der Waals surface area contributed by atoms with Gasteiger partial charge in [-0.05, 0) is 24.1 Å². The van der Waals surface area contributed by atoms with E-state index in [9.17, 15) is 4.79 Å². The highest BCUT2D eigenvalue weighted by atomic mass is 35.5. The standard InChI is InChI=1S/C15H15ClN4O2/c1-2-9-3-4-10(7-11(9)16)20-5-6-22-14-12(15(20)21)13(17)18-8-19-14/h3-4,7-8H,2,5-6H2,1H3,(H2,17,18,19). The smallest absolute Gasteiger partial charge is 0.267 e. The van der Waals surface area contributed by atoms with E-state index in [-0.39, 0.29) is 23.2 Å². The fraction of sp³-hybridized carbons (Fsp3) is 0.267. The first-order chi connectivity index (χ1) is 10.6. The predicted octanol–water partition coefficient (Wildman–Crippen LogP) is 2.31. The molecule has 1 aliphatic heterocycles. The zero-order valence-electron chi connectivity index (χ0n) is 12.0. The van der Waals surface area contributed by atoms with E-state index in [4.69, 9.17) is 22.1 Å². The van der Waals surface area contributed by atoms with Gasteiger partial charge >= 0.3 is 0 Å².